The summed E-state index contributed by atoms with van der Waals surface area (Å²) in [7, 11) is 4.26. The monoisotopic (exact) mass is 136 g/mol. The average Bonchev–Trinajstić information content (AvgIpc) is 2.35. The summed E-state index contributed by atoms with van der Waals surface area (Å²) in [6.45, 7) is 2.23. The third-order valence-corrected chi connectivity index (χ3v) is 2.16. The Balaban J connectivity index is 2.44. The van der Waals surface area contributed by atoms with Gasteiger partial charge in [-0.2, -0.15) is 0 Å². The van der Waals surface area contributed by atoms with E-state index in [-0.39, 0.29) is 0 Å². The number of aryl methyl sites for hydroxylation is 1. The number of nitrogens with zero attached hydrogens (tertiary/aromatic N) is 2. The topological polar surface area (TPSA) is 8.17 Å². The fraction of sp³-hybridized carbons (Fsp3) is 0.500. The van der Waals surface area contributed by atoms with Crippen LogP contribution in [0.2, 0.25) is 0 Å². The maximum atomic E-state index is 2.32. The predicted molar refractivity (Wildman–Crippen MR) is 40.6 cm³/mol. The second kappa shape index (κ2) is 1.86. The Bertz CT molecular complexity index is 250. The Kier molecular flexibility index (Phi) is 1.11. The zero-order valence-electron chi connectivity index (χ0n) is 6.46. The summed E-state index contributed by atoms with van der Waals surface area (Å²) in [5.74, 6) is 0. The predicted octanol–water partition coefficient (Wildman–Crippen LogP) is 0.971. The van der Waals surface area contributed by atoms with Gasteiger partial charge >= 0.3 is 0 Å². The molecule has 2 heterocycles. The molecule has 0 spiro atoms. The molecule has 0 amide bonds. The molecule has 1 aromatic heterocycles. The normalized spacial score (nSPS) is 17.8. The Morgan fingerprint density at radius 3 is 2.80 bits per heavy atom. The van der Waals surface area contributed by atoms with E-state index in [1.807, 2.05) is 0 Å². The molecule has 54 valence electrons. The highest BCUT2D eigenvalue weighted by molar-refractivity contribution is 5.25. The van der Waals surface area contributed by atoms with Crippen molar-refractivity contribution in [2.24, 2.45) is 7.05 Å². The van der Waals surface area contributed by atoms with Gasteiger partial charge in [-0.05, 0) is 18.7 Å². The van der Waals surface area contributed by atoms with Gasteiger partial charge in [-0.1, -0.05) is 0 Å². The van der Waals surface area contributed by atoms with Crippen molar-refractivity contribution in [3.63, 3.8) is 0 Å². The molecule has 2 nitrogen and oxygen atoms in total. The minimum absolute atomic E-state index is 1.11. The van der Waals surface area contributed by atoms with Crippen LogP contribution in [0.15, 0.2) is 12.3 Å². The van der Waals surface area contributed by atoms with Gasteiger partial charge in [-0.25, -0.2) is 0 Å². The molecular weight excluding hydrogens is 124 g/mol. The number of rotatable bonds is 0. The van der Waals surface area contributed by atoms with Crippen molar-refractivity contribution in [3.8, 4) is 0 Å². The summed E-state index contributed by atoms with van der Waals surface area (Å²) in [4.78, 5) is 2.32. The maximum absolute atomic E-state index is 2.32. The van der Waals surface area contributed by atoms with Crippen molar-refractivity contribution in [2.45, 2.75) is 13.1 Å². The highest BCUT2D eigenvalue weighted by atomic mass is 15.1. The maximum Gasteiger partial charge on any atom is 0.0390 e. The van der Waals surface area contributed by atoms with E-state index in [0.29, 0.717) is 0 Å². The summed E-state index contributed by atoms with van der Waals surface area (Å²) in [5.41, 5.74) is 2.97. The van der Waals surface area contributed by atoms with Crippen LogP contribution in [0.5, 0.6) is 0 Å². The molecule has 0 aliphatic carbocycles. The van der Waals surface area contributed by atoms with Gasteiger partial charge in [0.15, 0.2) is 0 Å². The third-order valence-electron chi connectivity index (χ3n) is 2.16. The summed E-state index contributed by atoms with van der Waals surface area (Å²) < 4.78 is 2.21. The molecule has 1 aliphatic heterocycles. The second-order valence-corrected chi connectivity index (χ2v) is 3.07. The molecule has 0 radical (unpaired) electrons. The fourth-order valence-corrected chi connectivity index (χ4v) is 1.57. The van der Waals surface area contributed by atoms with Gasteiger partial charge < -0.3 is 4.57 Å². The summed E-state index contributed by atoms with van der Waals surface area (Å²) in [6.07, 6.45) is 2.14. The summed E-state index contributed by atoms with van der Waals surface area (Å²) in [5, 5.41) is 0. The van der Waals surface area contributed by atoms with Crippen molar-refractivity contribution in [1.29, 1.82) is 0 Å². The Morgan fingerprint density at radius 1 is 1.30 bits per heavy atom. The fourth-order valence-electron chi connectivity index (χ4n) is 1.57. The quantitative estimate of drug-likeness (QED) is 0.516. The van der Waals surface area contributed by atoms with Gasteiger partial charge in [0.25, 0.3) is 0 Å². The minimum Gasteiger partial charge on any atom is -0.353 e. The molecule has 2 rings (SSSR count). The molecule has 0 unspecified atom stereocenters. The highest BCUT2D eigenvalue weighted by Crippen LogP contribution is 2.20. The van der Waals surface area contributed by atoms with E-state index in [2.05, 4.69) is 35.8 Å². The summed E-state index contributed by atoms with van der Waals surface area (Å²) in [6, 6.07) is 2.21. The third kappa shape index (κ3) is 0.688. The zero-order valence-corrected chi connectivity index (χ0v) is 6.46. The zero-order chi connectivity index (χ0) is 7.14. The van der Waals surface area contributed by atoms with E-state index in [1.165, 1.54) is 11.3 Å². The van der Waals surface area contributed by atoms with E-state index in [0.717, 1.165) is 13.1 Å². The molecule has 0 saturated heterocycles. The van der Waals surface area contributed by atoms with Crippen LogP contribution in [0, 0.1) is 0 Å². The average molecular weight is 136 g/mol. The van der Waals surface area contributed by atoms with Gasteiger partial charge in [0.05, 0.1) is 0 Å². The van der Waals surface area contributed by atoms with Crippen LogP contribution in [0.25, 0.3) is 0 Å². The number of hydrogen-bond acceptors (Lipinski definition) is 1. The van der Waals surface area contributed by atoms with E-state index < -0.39 is 0 Å². The molecule has 0 fully saturated rings. The first kappa shape index (κ1) is 5.98. The molecule has 10 heavy (non-hydrogen) atoms. The number of aromatic nitrogens is 1. The standard InChI is InChI=1S/C8H12N2/c1-9-5-7-3-4-10(2)8(7)6-9/h3-4H,5-6H2,1-2H3. The van der Waals surface area contributed by atoms with Crippen LogP contribution in [-0.2, 0) is 20.1 Å². The summed E-state index contributed by atoms with van der Waals surface area (Å²) >= 11 is 0. The molecule has 1 aromatic rings. The van der Waals surface area contributed by atoms with E-state index in [4.69, 9.17) is 0 Å². The van der Waals surface area contributed by atoms with Crippen LogP contribution in [0.1, 0.15) is 11.3 Å². The van der Waals surface area contributed by atoms with E-state index in [1.54, 1.807) is 0 Å². The van der Waals surface area contributed by atoms with Crippen molar-refractivity contribution in [3.05, 3.63) is 23.5 Å². The van der Waals surface area contributed by atoms with Gasteiger partial charge in [0.1, 0.15) is 0 Å². The first-order valence-electron chi connectivity index (χ1n) is 3.59. The van der Waals surface area contributed by atoms with Crippen LogP contribution in [0.4, 0.5) is 0 Å². The number of hydrogen-bond donors (Lipinski definition) is 0. The van der Waals surface area contributed by atoms with Crippen molar-refractivity contribution >= 4 is 0 Å². The Labute approximate surface area is 61.1 Å². The second-order valence-electron chi connectivity index (χ2n) is 3.07. The SMILES string of the molecule is CN1Cc2ccn(C)c2C1. The van der Waals surface area contributed by atoms with E-state index in [9.17, 15) is 0 Å². The molecule has 2 heteroatoms. The van der Waals surface area contributed by atoms with Gasteiger partial charge in [0, 0.05) is 32.0 Å². The highest BCUT2D eigenvalue weighted by Gasteiger charge is 2.17. The van der Waals surface area contributed by atoms with Gasteiger partial charge in [-0.3, -0.25) is 4.90 Å². The van der Waals surface area contributed by atoms with Gasteiger partial charge in [-0.15, -0.1) is 0 Å². The van der Waals surface area contributed by atoms with Crippen molar-refractivity contribution in [2.75, 3.05) is 7.05 Å². The van der Waals surface area contributed by atoms with Crippen LogP contribution < -0.4 is 0 Å². The first-order valence-corrected chi connectivity index (χ1v) is 3.59. The van der Waals surface area contributed by atoms with Crippen LogP contribution >= 0.6 is 0 Å². The molecular formula is C8H12N2. The molecule has 1 aliphatic rings. The molecule has 0 N–H and O–H groups in total. The van der Waals surface area contributed by atoms with Crippen molar-refractivity contribution < 1.29 is 0 Å². The van der Waals surface area contributed by atoms with Gasteiger partial charge in [0.2, 0.25) is 0 Å². The first-order chi connectivity index (χ1) is 4.77. The molecule has 0 bridgehead atoms. The Hall–Kier alpha value is -0.760. The van der Waals surface area contributed by atoms with Crippen LogP contribution in [-0.4, -0.2) is 16.5 Å². The Morgan fingerprint density at radius 2 is 2.10 bits per heavy atom. The molecule has 0 aromatic carbocycles. The lowest BCUT2D eigenvalue weighted by atomic mass is 10.3. The molecule has 0 atom stereocenters. The lowest BCUT2D eigenvalue weighted by molar-refractivity contribution is 0.347. The minimum atomic E-state index is 1.11. The smallest absolute Gasteiger partial charge is 0.0390 e. The van der Waals surface area contributed by atoms with Crippen molar-refractivity contribution in [1.82, 2.24) is 9.47 Å². The lowest BCUT2D eigenvalue weighted by Gasteiger charge is -2.05. The van der Waals surface area contributed by atoms with Crippen LogP contribution in [0.3, 0.4) is 0 Å². The lowest BCUT2D eigenvalue weighted by Crippen LogP contribution is -2.09. The van der Waals surface area contributed by atoms with E-state index >= 15 is 0 Å². The molecule has 0 saturated carbocycles. The number of fused-ring (bicyclic) bond motifs is 1. The largest absolute Gasteiger partial charge is 0.353 e.